The first-order valence-electron chi connectivity index (χ1n) is 10.4. The van der Waals surface area contributed by atoms with Crippen LogP contribution in [0.1, 0.15) is 47.2 Å². The molecule has 2 amide bonds. The van der Waals surface area contributed by atoms with Gasteiger partial charge in [0.25, 0.3) is 5.69 Å². The number of nitrogens with one attached hydrogen (secondary N) is 1. The summed E-state index contributed by atoms with van der Waals surface area (Å²) in [6.45, 7) is 9.64. The molecule has 0 spiro atoms. The minimum absolute atomic E-state index is 0.0176. The zero-order valence-corrected chi connectivity index (χ0v) is 19.9. The molecule has 12 heteroatoms. The van der Waals surface area contributed by atoms with Gasteiger partial charge >= 0.3 is 18.2 Å². The van der Waals surface area contributed by atoms with Crippen molar-refractivity contribution in [3.05, 3.63) is 52.6 Å². The lowest BCUT2D eigenvalue weighted by Gasteiger charge is -2.32. The SMILES string of the molecule is CC(C)(C)OC(=O)N(C(=O)OC(C)(C)C)[C@@H](Cc1c[nH]cn1)C(=O)Oc1ccc([N+](=O)[O-])cc1. The second kappa shape index (κ2) is 10.3. The van der Waals surface area contributed by atoms with Crippen LogP contribution < -0.4 is 4.74 Å². The van der Waals surface area contributed by atoms with E-state index >= 15 is 0 Å². The molecule has 0 aliphatic carbocycles. The number of esters is 1. The van der Waals surface area contributed by atoms with Gasteiger partial charge in [-0.2, -0.15) is 4.90 Å². The van der Waals surface area contributed by atoms with Crippen LogP contribution >= 0.6 is 0 Å². The number of H-pyrrole nitrogens is 1. The third kappa shape index (κ3) is 7.87. The van der Waals surface area contributed by atoms with E-state index in [9.17, 15) is 24.5 Å². The molecule has 0 aliphatic rings. The van der Waals surface area contributed by atoms with Crippen LogP contribution in [0.3, 0.4) is 0 Å². The molecule has 0 bridgehead atoms. The molecule has 0 saturated heterocycles. The molecule has 1 heterocycles. The van der Waals surface area contributed by atoms with Gasteiger partial charge in [0.05, 0.1) is 16.9 Å². The molecular formula is C22H28N4O8. The van der Waals surface area contributed by atoms with Gasteiger partial charge in [-0.3, -0.25) is 10.1 Å². The molecule has 0 unspecified atom stereocenters. The highest BCUT2D eigenvalue weighted by atomic mass is 16.6. The fourth-order valence-electron chi connectivity index (χ4n) is 2.65. The van der Waals surface area contributed by atoms with Gasteiger partial charge in [-0.1, -0.05) is 0 Å². The molecule has 34 heavy (non-hydrogen) atoms. The van der Waals surface area contributed by atoms with E-state index in [0.29, 0.717) is 10.6 Å². The molecule has 2 rings (SSSR count). The summed E-state index contributed by atoms with van der Waals surface area (Å²) in [5, 5.41) is 10.9. The number of hydrogen-bond donors (Lipinski definition) is 1. The summed E-state index contributed by atoms with van der Waals surface area (Å²) in [5.41, 5.74) is -1.78. The number of non-ortho nitro benzene ring substituents is 1. The van der Waals surface area contributed by atoms with Gasteiger partial charge in [0.15, 0.2) is 0 Å². The van der Waals surface area contributed by atoms with Gasteiger partial charge in [-0.25, -0.2) is 19.4 Å². The molecule has 0 saturated carbocycles. The van der Waals surface area contributed by atoms with Crippen LogP contribution in [0.25, 0.3) is 0 Å². The van der Waals surface area contributed by atoms with Crippen molar-refractivity contribution >= 4 is 23.8 Å². The third-order valence-corrected chi connectivity index (χ3v) is 3.99. The summed E-state index contributed by atoms with van der Waals surface area (Å²) >= 11 is 0. The Morgan fingerprint density at radius 3 is 1.97 bits per heavy atom. The molecule has 0 radical (unpaired) electrons. The van der Waals surface area contributed by atoms with Crippen LogP contribution in [-0.4, -0.2) is 55.2 Å². The van der Waals surface area contributed by atoms with E-state index in [1.165, 1.54) is 24.7 Å². The fourth-order valence-corrected chi connectivity index (χ4v) is 2.65. The summed E-state index contributed by atoms with van der Waals surface area (Å²) in [4.78, 5) is 56.9. The lowest BCUT2D eigenvalue weighted by atomic mass is 10.1. The Morgan fingerprint density at radius 1 is 1.03 bits per heavy atom. The summed E-state index contributed by atoms with van der Waals surface area (Å²) in [6.07, 6.45) is 0.452. The Labute approximate surface area is 196 Å². The maximum absolute atomic E-state index is 13.2. The largest absolute Gasteiger partial charge is 0.443 e. The Bertz CT molecular complexity index is 993. The Morgan fingerprint density at radius 2 is 1.56 bits per heavy atom. The quantitative estimate of drug-likeness (QED) is 0.282. The van der Waals surface area contributed by atoms with E-state index in [4.69, 9.17) is 14.2 Å². The molecule has 12 nitrogen and oxygen atoms in total. The number of ether oxygens (including phenoxy) is 3. The van der Waals surface area contributed by atoms with Crippen molar-refractivity contribution in [1.29, 1.82) is 0 Å². The smallest absolute Gasteiger partial charge is 0.420 e. The Kier molecular flexibility index (Phi) is 7.98. The molecule has 184 valence electrons. The first kappa shape index (κ1) is 26.3. The topological polar surface area (TPSA) is 154 Å². The monoisotopic (exact) mass is 476 g/mol. The van der Waals surface area contributed by atoms with Gasteiger partial charge in [0.2, 0.25) is 0 Å². The molecular weight excluding hydrogens is 448 g/mol. The predicted octanol–water partition coefficient (Wildman–Crippen LogP) is 4.01. The highest BCUT2D eigenvalue weighted by Crippen LogP contribution is 2.22. The third-order valence-electron chi connectivity index (χ3n) is 3.99. The number of imidazole rings is 1. The maximum Gasteiger partial charge on any atom is 0.420 e. The number of benzene rings is 1. The predicted molar refractivity (Wildman–Crippen MR) is 119 cm³/mol. The van der Waals surface area contributed by atoms with Crippen molar-refractivity contribution < 1.29 is 33.5 Å². The van der Waals surface area contributed by atoms with Gasteiger partial charge in [0, 0.05) is 24.8 Å². The molecule has 0 fully saturated rings. The number of carbonyl (C=O) groups excluding carboxylic acids is 3. The van der Waals surface area contributed by atoms with Crippen LogP contribution in [0.2, 0.25) is 0 Å². The van der Waals surface area contributed by atoms with E-state index in [2.05, 4.69) is 9.97 Å². The number of nitro groups is 1. The molecule has 1 aromatic carbocycles. The number of aromatic amines is 1. The number of amides is 2. The van der Waals surface area contributed by atoms with Gasteiger partial charge in [-0.05, 0) is 53.7 Å². The van der Waals surface area contributed by atoms with Crippen LogP contribution in [-0.2, 0) is 20.7 Å². The van der Waals surface area contributed by atoms with E-state index in [0.717, 1.165) is 12.1 Å². The average molecular weight is 476 g/mol. The first-order valence-corrected chi connectivity index (χ1v) is 10.4. The number of rotatable bonds is 6. The minimum Gasteiger partial charge on any atom is -0.443 e. The molecule has 1 N–H and O–H groups in total. The van der Waals surface area contributed by atoms with Crippen molar-refractivity contribution in [1.82, 2.24) is 14.9 Å². The van der Waals surface area contributed by atoms with Gasteiger partial charge in [-0.15, -0.1) is 0 Å². The van der Waals surface area contributed by atoms with Crippen LogP contribution in [0.5, 0.6) is 5.75 Å². The van der Waals surface area contributed by atoms with Crippen LogP contribution in [0, 0.1) is 10.1 Å². The van der Waals surface area contributed by atoms with E-state index < -0.39 is 40.3 Å². The summed E-state index contributed by atoms with van der Waals surface area (Å²) in [6, 6.07) is 3.26. The van der Waals surface area contributed by atoms with Crippen LogP contribution in [0.15, 0.2) is 36.8 Å². The normalized spacial score (nSPS) is 12.4. The number of aromatic nitrogens is 2. The second-order valence-corrected chi connectivity index (χ2v) is 9.28. The summed E-state index contributed by atoms with van der Waals surface area (Å²) < 4.78 is 16.1. The zero-order valence-electron chi connectivity index (χ0n) is 19.9. The van der Waals surface area contributed by atoms with Crippen molar-refractivity contribution in [2.75, 3.05) is 0 Å². The number of nitrogens with zero attached hydrogens (tertiary/aromatic N) is 3. The molecule has 1 aromatic heterocycles. The summed E-state index contributed by atoms with van der Waals surface area (Å²) in [5.74, 6) is -1.01. The Hall–Kier alpha value is -3.96. The van der Waals surface area contributed by atoms with Gasteiger partial charge < -0.3 is 19.2 Å². The van der Waals surface area contributed by atoms with Crippen molar-refractivity contribution in [2.24, 2.45) is 0 Å². The second-order valence-electron chi connectivity index (χ2n) is 9.28. The van der Waals surface area contributed by atoms with E-state index in [1.54, 1.807) is 41.5 Å². The minimum atomic E-state index is -1.51. The van der Waals surface area contributed by atoms with Crippen molar-refractivity contribution in [3.63, 3.8) is 0 Å². The lowest BCUT2D eigenvalue weighted by molar-refractivity contribution is -0.384. The molecule has 0 aliphatic heterocycles. The number of nitro benzene ring substituents is 1. The maximum atomic E-state index is 13.2. The van der Waals surface area contributed by atoms with Crippen molar-refractivity contribution in [2.45, 2.75) is 65.2 Å². The summed E-state index contributed by atoms with van der Waals surface area (Å²) in [7, 11) is 0. The van der Waals surface area contributed by atoms with Gasteiger partial charge in [0.1, 0.15) is 23.0 Å². The standard InChI is InChI=1S/C22H28N4O8/c1-21(2,3)33-19(28)25(20(29)34-22(4,5)6)17(11-14-12-23-13-24-14)18(27)32-16-9-7-15(8-10-16)26(30)31/h7-10,12-13,17H,11H2,1-6H3,(H,23,24)/t17-/m0/s1. The molecule has 1 atom stereocenters. The number of carbonyl (C=O) groups is 3. The lowest BCUT2D eigenvalue weighted by Crippen LogP contribution is -2.53. The fraction of sp³-hybridized carbons (Fsp3) is 0.455. The van der Waals surface area contributed by atoms with Crippen molar-refractivity contribution in [3.8, 4) is 5.75 Å². The Balaban J connectivity index is 2.43. The first-order chi connectivity index (χ1) is 15.7. The molecule has 2 aromatic rings. The highest BCUT2D eigenvalue weighted by molar-refractivity contribution is 5.94. The number of hydrogen-bond acceptors (Lipinski definition) is 9. The van der Waals surface area contributed by atoms with E-state index in [-0.39, 0.29) is 17.9 Å². The van der Waals surface area contributed by atoms with Crippen LogP contribution in [0.4, 0.5) is 15.3 Å². The van der Waals surface area contributed by atoms with E-state index in [1.807, 2.05) is 0 Å². The average Bonchev–Trinajstić information content (AvgIpc) is 3.18. The highest BCUT2D eigenvalue weighted by Gasteiger charge is 2.41. The zero-order chi connectivity index (χ0) is 25.7. The number of imide groups is 1.